The van der Waals surface area contributed by atoms with Gasteiger partial charge in [-0.2, -0.15) is 0 Å². The molecule has 2 aliphatic rings. The van der Waals surface area contributed by atoms with Gasteiger partial charge < -0.3 is 5.11 Å². The lowest BCUT2D eigenvalue weighted by atomic mass is 9.88. The lowest BCUT2D eigenvalue weighted by Crippen LogP contribution is -2.47. The quantitative estimate of drug-likeness (QED) is 0.919. The van der Waals surface area contributed by atoms with Crippen molar-refractivity contribution in [3.63, 3.8) is 0 Å². The highest BCUT2D eigenvalue weighted by Crippen LogP contribution is 2.39. The maximum absolute atomic E-state index is 11.8. The minimum absolute atomic E-state index is 0.447. The summed E-state index contributed by atoms with van der Waals surface area (Å²) in [5.41, 5.74) is 2.22. The van der Waals surface area contributed by atoms with Gasteiger partial charge in [0, 0.05) is 12.6 Å². The Labute approximate surface area is 120 Å². The van der Waals surface area contributed by atoms with Crippen LogP contribution in [0.3, 0.4) is 0 Å². The molecule has 0 aromatic heterocycles. The Bertz CT molecular complexity index is 500. The number of hydrogen-bond donors (Lipinski definition) is 1. The third-order valence-corrected chi connectivity index (χ3v) is 5.12. The maximum Gasteiger partial charge on any atom is 0.325 e. The van der Waals surface area contributed by atoms with E-state index in [0.717, 1.165) is 31.4 Å². The van der Waals surface area contributed by atoms with Gasteiger partial charge in [0.05, 0.1) is 0 Å². The van der Waals surface area contributed by atoms with Crippen LogP contribution in [0.4, 0.5) is 0 Å². The number of carboxylic acid groups (broad SMARTS) is 1. The van der Waals surface area contributed by atoms with Crippen LogP contribution in [-0.2, 0) is 11.2 Å². The average molecular weight is 273 g/mol. The van der Waals surface area contributed by atoms with Crippen molar-refractivity contribution >= 4 is 5.97 Å². The number of carboxylic acids is 1. The van der Waals surface area contributed by atoms with Crippen molar-refractivity contribution in [2.45, 2.75) is 51.1 Å². The van der Waals surface area contributed by atoms with E-state index in [1.807, 2.05) is 18.2 Å². The second kappa shape index (κ2) is 5.57. The normalized spacial score (nSPS) is 30.1. The minimum atomic E-state index is -0.695. The molecule has 1 fully saturated rings. The summed E-state index contributed by atoms with van der Waals surface area (Å²) in [5.74, 6) is -0.0268. The molecule has 0 amide bonds. The summed E-state index contributed by atoms with van der Waals surface area (Å²) in [4.78, 5) is 14.1. The summed E-state index contributed by atoms with van der Waals surface area (Å²) in [5, 5.41) is 9.73. The Morgan fingerprint density at radius 1 is 1.35 bits per heavy atom. The van der Waals surface area contributed by atoms with Crippen LogP contribution >= 0.6 is 0 Å². The van der Waals surface area contributed by atoms with Gasteiger partial charge in [0.25, 0.3) is 0 Å². The highest BCUT2D eigenvalue weighted by atomic mass is 16.4. The Morgan fingerprint density at radius 3 is 2.90 bits per heavy atom. The van der Waals surface area contributed by atoms with Crippen LogP contribution < -0.4 is 0 Å². The molecule has 1 aromatic carbocycles. The van der Waals surface area contributed by atoms with Gasteiger partial charge in [0.2, 0.25) is 0 Å². The monoisotopic (exact) mass is 273 g/mol. The fourth-order valence-corrected chi connectivity index (χ4v) is 4.15. The fraction of sp³-hybridized carbons (Fsp3) is 0.588. The van der Waals surface area contributed by atoms with Crippen LogP contribution in [0.2, 0.25) is 0 Å². The van der Waals surface area contributed by atoms with Gasteiger partial charge in [-0.15, -0.1) is 0 Å². The summed E-state index contributed by atoms with van der Waals surface area (Å²) >= 11 is 0. The lowest BCUT2D eigenvalue weighted by molar-refractivity contribution is -0.145. The molecule has 20 heavy (non-hydrogen) atoms. The third kappa shape index (κ3) is 2.24. The number of fused-ring (bicyclic) bond motifs is 1. The van der Waals surface area contributed by atoms with E-state index in [1.165, 1.54) is 18.4 Å². The van der Waals surface area contributed by atoms with Gasteiger partial charge in [-0.05, 0) is 36.3 Å². The molecule has 3 unspecified atom stereocenters. The number of carbonyl (C=O) groups is 1. The zero-order chi connectivity index (χ0) is 14.1. The van der Waals surface area contributed by atoms with E-state index in [-0.39, 0.29) is 0 Å². The molecule has 1 aliphatic heterocycles. The Balaban J connectivity index is 1.94. The summed E-state index contributed by atoms with van der Waals surface area (Å²) < 4.78 is 0. The van der Waals surface area contributed by atoms with Gasteiger partial charge in [-0.1, -0.05) is 44.0 Å². The lowest BCUT2D eigenvalue weighted by Gasteiger charge is -2.41. The van der Waals surface area contributed by atoms with Gasteiger partial charge in [0.1, 0.15) is 6.04 Å². The van der Waals surface area contributed by atoms with E-state index >= 15 is 0 Å². The predicted molar refractivity (Wildman–Crippen MR) is 78.6 cm³/mol. The van der Waals surface area contributed by atoms with Crippen molar-refractivity contribution in [2.75, 3.05) is 6.54 Å². The van der Waals surface area contributed by atoms with Crippen molar-refractivity contribution in [2.24, 2.45) is 5.92 Å². The first-order valence-electron chi connectivity index (χ1n) is 7.78. The van der Waals surface area contributed by atoms with Crippen LogP contribution in [0.15, 0.2) is 24.3 Å². The van der Waals surface area contributed by atoms with Crippen LogP contribution in [0.25, 0.3) is 0 Å². The Kier molecular flexibility index (Phi) is 3.79. The number of nitrogens with zero attached hydrogens (tertiary/aromatic N) is 1. The zero-order valence-electron chi connectivity index (χ0n) is 12.1. The fourth-order valence-electron chi connectivity index (χ4n) is 4.15. The molecule has 3 nitrogen and oxygen atoms in total. The largest absolute Gasteiger partial charge is 0.480 e. The molecule has 0 saturated heterocycles. The van der Waals surface area contributed by atoms with E-state index in [0.29, 0.717) is 12.0 Å². The second-order valence-corrected chi connectivity index (χ2v) is 6.09. The number of hydrogen-bond acceptors (Lipinski definition) is 2. The van der Waals surface area contributed by atoms with Gasteiger partial charge in [-0.3, -0.25) is 9.69 Å². The third-order valence-electron chi connectivity index (χ3n) is 5.12. The molecular weight excluding hydrogens is 250 g/mol. The van der Waals surface area contributed by atoms with Crippen LogP contribution in [-0.4, -0.2) is 28.6 Å². The smallest absolute Gasteiger partial charge is 0.325 e. The molecule has 3 rings (SSSR count). The molecule has 0 bridgehead atoms. The number of aliphatic carboxylic acids is 1. The van der Waals surface area contributed by atoms with E-state index in [2.05, 4.69) is 17.9 Å². The topological polar surface area (TPSA) is 40.5 Å². The number of rotatable bonds is 3. The van der Waals surface area contributed by atoms with Crippen LogP contribution in [0.5, 0.6) is 0 Å². The highest BCUT2D eigenvalue weighted by molar-refractivity contribution is 5.76. The van der Waals surface area contributed by atoms with Crippen molar-refractivity contribution in [1.29, 1.82) is 0 Å². The van der Waals surface area contributed by atoms with E-state index in [1.54, 1.807) is 0 Å². The molecule has 1 saturated carbocycles. The summed E-state index contributed by atoms with van der Waals surface area (Å²) in [7, 11) is 0. The molecule has 0 spiro atoms. The summed E-state index contributed by atoms with van der Waals surface area (Å²) in [6.45, 7) is 3.12. The summed E-state index contributed by atoms with van der Waals surface area (Å²) in [6.07, 6.45) is 5.80. The van der Waals surface area contributed by atoms with E-state index in [9.17, 15) is 9.90 Å². The first-order valence-corrected chi connectivity index (χ1v) is 7.78. The van der Waals surface area contributed by atoms with E-state index in [4.69, 9.17) is 0 Å². The average Bonchev–Trinajstić information content (AvgIpc) is 2.94. The first-order chi connectivity index (χ1) is 9.72. The van der Waals surface area contributed by atoms with Crippen molar-refractivity contribution in [1.82, 2.24) is 4.90 Å². The Hall–Kier alpha value is -1.35. The molecule has 1 N–H and O–H groups in total. The SMILES string of the molecule is CCC1CCCC1N1CCc2ccccc2C1C(=O)O. The van der Waals surface area contributed by atoms with Gasteiger partial charge in [-0.25, -0.2) is 0 Å². The molecule has 1 aromatic rings. The number of benzene rings is 1. The molecule has 1 heterocycles. The highest BCUT2D eigenvalue weighted by Gasteiger charge is 2.40. The van der Waals surface area contributed by atoms with E-state index < -0.39 is 12.0 Å². The van der Waals surface area contributed by atoms with Crippen molar-refractivity contribution in [3.8, 4) is 0 Å². The van der Waals surface area contributed by atoms with Crippen molar-refractivity contribution < 1.29 is 9.90 Å². The molecular formula is C17H23NO2. The van der Waals surface area contributed by atoms with Gasteiger partial charge >= 0.3 is 5.97 Å². The molecule has 3 heteroatoms. The standard InChI is InChI=1S/C17H23NO2/c1-2-12-7-5-9-15(12)18-11-10-13-6-3-4-8-14(13)16(18)17(19)20/h3-4,6,8,12,15-16H,2,5,7,9-11H2,1H3,(H,19,20). The predicted octanol–water partition coefficient (Wildman–Crippen LogP) is 3.25. The minimum Gasteiger partial charge on any atom is -0.480 e. The van der Waals surface area contributed by atoms with Crippen molar-refractivity contribution in [3.05, 3.63) is 35.4 Å². The maximum atomic E-state index is 11.8. The van der Waals surface area contributed by atoms with Crippen LogP contribution in [0, 0.1) is 5.92 Å². The molecule has 1 aliphatic carbocycles. The van der Waals surface area contributed by atoms with Gasteiger partial charge in [0.15, 0.2) is 0 Å². The first kappa shape index (κ1) is 13.6. The zero-order valence-corrected chi connectivity index (χ0v) is 12.1. The second-order valence-electron chi connectivity index (χ2n) is 6.09. The molecule has 108 valence electrons. The summed E-state index contributed by atoms with van der Waals surface area (Å²) in [6, 6.07) is 8.05. The van der Waals surface area contributed by atoms with Crippen LogP contribution in [0.1, 0.15) is 49.8 Å². The molecule has 3 atom stereocenters. The Morgan fingerprint density at radius 2 is 2.15 bits per heavy atom. The molecule has 0 radical (unpaired) electrons.